The standard InChI is InChI=1S/C19H20FN3O2/c20-19(18(25)22-13-15-7-10-21-11-8-15)9-4-12-23(14-19)17(24)16-5-2-1-3-6-16/h1-3,5-8,10-11H,4,9,12-14H2,(H,22,25)/t19-/m0/s1. The van der Waals surface area contributed by atoms with Gasteiger partial charge in [-0.15, -0.1) is 0 Å². The highest BCUT2D eigenvalue weighted by Crippen LogP contribution is 2.27. The average Bonchev–Trinajstić information content (AvgIpc) is 2.67. The normalized spacial score (nSPS) is 20.1. The first kappa shape index (κ1) is 17.1. The molecule has 1 aromatic carbocycles. The van der Waals surface area contributed by atoms with Gasteiger partial charge >= 0.3 is 0 Å². The van der Waals surface area contributed by atoms with Crippen molar-refractivity contribution in [1.29, 1.82) is 0 Å². The Morgan fingerprint density at radius 2 is 1.88 bits per heavy atom. The third-order valence-electron chi connectivity index (χ3n) is 4.36. The van der Waals surface area contributed by atoms with Gasteiger partial charge in [-0.3, -0.25) is 14.6 Å². The first-order valence-corrected chi connectivity index (χ1v) is 8.29. The SMILES string of the molecule is O=C(c1ccccc1)N1CCC[C@@](F)(C(=O)NCc2ccncc2)C1. The maximum Gasteiger partial charge on any atom is 0.259 e. The number of hydrogen-bond acceptors (Lipinski definition) is 3. The molecule has 6 heteroatoms. The lowest BCUT2D eigenvalue weighted by Crippen LogP contribution is -2.55. The van der Waals surface area contributed by atoms with Crippen LogP contribution in [0.1, 0.15) is 28.8 Å². The zero-order valence-electron chi connectivity index (χ0n) is 13.8. The third kappa shape index (κ3) is 4.02. The van der Waals surface area contributed by atoms with E-state index < -0.39 is 11.6 Å². The fraction of sp³-hybridized carbons (Fsp3) is 0.316. The van der Waals surface area contributed by atoms with Crippen molar-refractivity contribution in [3.63, 3.8) is 0 Å². The molecule has 3 rings (SSSR count). The Balaban J connectivity index is 1.64. The molecule has 0 bridgehead atoms. The van der Waals surface area contributed by atoms with E-state index in [1.807, 2.05) is 6.07 Å². The van der Waals surface area contributed by atoms with Crippen LogP contribution in [0.5, 0.6) is 0 Å². The van der Waals surface area contributed by atoms with Crippen molar-refractivity contribution in [3.05, 3.63) is 66.0 Å². The summed E-state index contributed by atoms with van der Waals surface area (Å²) in [6, 6.07) is 12.3. The van der Waals surface area contributed by atoms with Crippen molar-refractivity contribution in [2.24, 2.45) is 0 Å². The smallest absolute Gasteiger partial charge is 0.259 e. The molecule has 1 atom stereocenters. The lowest BCUT2D eigenvalue weighted by Gasteiger charge is -2.36. The minimum atomic E-state index is -2.06. The van der Waals surface area contributed by atoms with Gasteiger partial charge in [-0.25, -0.2) is 4.39 Å². The number of alkyl halides is 1. The van der Waals surface area contributed by atoms with Crippen molar-refractivity contribution >= 4 is 11.8 Å². The summed E-state index contributed by atoms with van der Waals surface area (Å²) in [4.78, 5) is 30.2. The van der Waals surface area contributed by atoms with E-state index in [1.54, 1.807) is 48.8 Å². The van der Waals surface area contributed by atoms with Crippen molar-refractivity contribution in [3.8, 4) is 0 Å². The highest BCUT2D eigenvalue weighted by Gasteiger charge is 2.43. The van der Waals surface area contributed by atoms with Crippen molar-refractivity contribution in [2.45, 2.75) is 25.1 Å². The van der Waals surface area contributed by atoms with Gasteiger partial charge in [0, 0.05) is 31.0 Å². The van der Waals surface area contributed by atoms with Crippen LogP contribution in [0, 0.1) is 0 Å². The number of halogens is 1. The van der Waals surface area contributed by atoms with Crippen LogP contribution in [0.15, 0.2) is 54.9 Å². The molecule has 0 unspecified atom stereocenters. The zero-order valence-corrected chi connectivity index (χ0v) is 13.8. The molecule has 1 fully saturated rings. The van der Waals surface area contributed by atoms with Crippen molar-refractivity contribution < 1.29 is 14.0 Å². The number of aromatic nitrogens is 1. The van der Waals surface area contributed by atoms with Crippen LogP contribution in [0.3, 0.4) is 0 Å². The third-order valence-corrected chi connectivity index (χ3v) is 4.36. The molecular formula is C19H20FN3O2. The highest BCUT2D eigenvalue weighted by atomic mass is 19.1. The van der Waals surface area contributed by atoms with Gasteiger partial charge in [0.1, 0.15) is 0 Å². The van der Waals surface area contributed by atoms with Crippen LogP contribution >= 0.6 is 0 Å². The summed E-state index contributed by atoms with van der Waals surface area (Å²) in [5.41, 5.74) is -0.709. The van der Waals surface area contributed by atoms with Crippen LogP contribution in [0.4, 0.5) is 4.39 Å². The Kier molecular flexibility index (Phi) is 5.07. The van der Waals surface area contributed by atoms with Crippen molar-refractivity contribution in [1.82, 2.24) is 15.2 Å². The Labute approximate surface area is 145 Å². The second-order valence-corrected chi connectivity index (χ2v) is 6.20. The van der Waals surface area contributed by atoms with Gasteiger partial charge in [-0.05, 0) is 42.7 Å². The molecule has 1 saturated heterocycles. The van der Waals surface area contributed by atoms with Gasteiger partial charge in [0.05, 0.1) is 6.54 Å². The Morgan fingerprint density at radius 3 is 2.60 bits per heavy atom. The van der Waals surface area contributed by atoms with Gasteiger partial charge in [0.2, 0.25) is 5.67 Å². The quantitative estimate of drug-likeness (QED) is 0.928. The molecule has 2 amide bonds. The summed E-state index contributed by atoms with van der Waals surface area (Å²) in [6.45, 7) is 0.472. The van der Waals surface area contributed by atoms with E-state index in [9.17, 15) is 9.59 Å². The molecule has 25 heavy (non-hydrogen) atoms. The fourth-order valence-corrected chi connectivity index (χ4v) is 2.97. The van der Waals surface area contributed by atoms with Crippen LogP contribution in [0.2, 0.25) is 0 Å². The van der Waals surface area contributed by atoms with Gasteiger partial charge in [-0.2, -0.15) is 0 Å². The lowest BCUT2D eigenvalue weighted by molar-refractivity contribution is -0.136. The van der Waals surface area contributed by atoms with Crippen molar-refractivity contribution in [2.75, 3.05) is 13.1 Å². The summed E-state index contributed by atoms with van der Waals surface area (Å²) in [7, 11) is 0. The topological polar surface area (TPSA) is 62.3 Å². The first-order valence-electron chi connectivity index (χ1n) is 8.29. The van der Waals surface area contributed by atoms with Gasteiger partial charge < -0.3 is 10.2 Å². The predicted octanol–water partition coefficient (Wildman–Crippen LogP) is 2.34. The van der Waals surface area contributed by atoms with Gasteiger partial charge in [-0.1, -0.05) is 18.2 Å². The number of carbonyl (C=O) groups is 2. The first-order chi connectivity index (χ1) is 12.1. The molecule has 2 heterocycles. The predicted molar refractivity (Wildman–Crippen MR) is 91.5 cm³/mol. The number of rotatable bonds is 4. The molecular weight excluding hydrogens is 321 g/mol. The number of benzene rings is 1. The molecule has 0 spiro atoms. The monoisotopic (exact) mass is 341 g/mol. The average molecular weight is 341 g/mol. The van der Waals surface area contributed by atoms with E-state index in [4.69, 9.17) is 0 Å². The summed E-state index contributed by atoms with van der Waals surface area (Å²) in [5, 5.41) is 2.63. The van der Waals surface area contributed by atoms with Gasteiger partial charge in [0.15, 0.2) is 0 Å². The lowest BCUT2D eigenvalue weighted by atomic mass is 9.93. The summed E-state index contributed by atoms with van der Waals surface area (Å²) < 4.78 is 15.2. The number of amides is 2. The van der Waals surface area contributed by atoms with Crippen LogP contribution in [0.25, 0.3) is 0 Å². The number of nitrogens with one attached hydrogen (secondary N) is 1. The Bertz CT molecular complexity index is 739. The van der Waals surface area contributed by atoms with Crippen LogP contribution in [-0.2, 0) is 11.3 Å². The minimum absolute atomic E-state index is 0.119. The molecule has 0 radical (unpaired) electrons. The second kappa shape index (κ2) is 7.42. The van der Waals surface area contributed by atoms with E-state index in [2.05, 4.69) is 10.3 Å². The summed E-state index contributed by atoms with van der Waals surface area (Å²) >= 11 is 0. The van der Waals surface area contributed by atoms with Crippen LogP contribution in [-0.4, -0.2) is 40.5 Å². The molecule has 1 aliphatic heterocycles. The van der Waals surface area contributed by atoms with E-state index in [1.165, 1.54) is 4.90 Å². The molecule has 2 aromatic rings. The molecule has 1 N–H and O–H groups in total. The molecule has 0 saturated carbocycles. The van der Waals surface area contributed by atoms with Crippen LogP contribution < -0.4 is 5.32 Å². The largest absolute Gasteiger partial charge is 0.349 e. The molecule has 5 nitrogen and oxygen atoms in total. The second-order valence-electron chi connectivity index (χ2n) is 6.20. The summed E-state index contributed by atoms with van der Waals surface area (Å²) in [5.74, 6) is -0.917. The number of carbonyl (C=O) groups excluding carboxylic acids is 2. The van der Waals surface area contributed by atoms with Gasteiger partial charge in [0.25, 0.3) is 11.8 Å². The summed E-state index contributed by atoms with van der Waals surface area (Å²) in [6.07, 6.45) is 3.81. The van der Waals surface area contributed by atoms with E-state index >= 15 is 4.39 Å². The highest BCUT2D eigenvalue weighted by molar-refractivity contribution is 5.95. The number of nitrogens with zero attached hydrogens (tertiary/aromatic N) is 2. The maximum absolute atomic E-state index is 15.2. The minimum Gasteiger partial charge on any atom is -0.349 e. The van der Waals surface area contributed by atoms with E-state index in [0.717, 1.165) is 5.56 Å². The zero-order chi connectivity index (χ0) is 17.7. The Morgan fingerprint density at radius 1 is 1.16 bits per heavy atom. The molecule has 130 valence electrons. The molecule has 1 aliphatic rings. The van der Waals surface area contributed by atoms with E-state index in [0.29, 0.717) is 18.5 Å². The number of piperidine rings is 1. The fourth-order valence-electron chi connectivity index (χ4n) is 2.97. The molecule has 1 aromatic heterocycles. The maximum atomic E-state index is 15.2. The van der Waals surface area contributed by atoms with E-state index in [-0.39, 0.29) is 25.4 Å². The number of hydrogen-bond donors (Lipinski definition) is 1. The molecule has 0 aliphatic carbocycles. The Hall–Kier alpha value is -2.76. The number of likely N-dealkylation sites (tertiary alicyclic amines) is 1. The number of pyridine rings is 1.